The highest BCUT2D eigenvalue weighted by atomic mass is 32.1. The molecule has 0 atom stereocenters. The molecule has 0 unspecified atom stereocenters. The first-order valence-electron chi connectivity index (χ1n) is 9.29. The van der Waals surface area contributed by atoms with Crippen LogP contribution in [0.5, 0.6) is 0 Å². The smallest absolute Gasteiger partial charge is 0.257 e. The van der Waals surface area contributed by atoms with Crippen LogP contribution in [0.4, 0.5) is 5.13 Å². The molecule has 3 aromatic rings. The minimum atomic E-state index is -0.110. The zero-order valence-electron chi connectivity index (χ0n) is 15.6. The highest BCUT2D eigenvalue weighted by molar-refractivity contribution is 7.15. The number of thiazole rings is 1. The predicted molar refractivity (Wildman–Crippen MR) is 111 cm³/mol. The first-order chi connectivity index (χ1) is 13.1. The van der Waals surface area contributed by atoms with Crippen molar-refractivity contribution in [3.8, 4) is 11.1 Å². The van der Waals surface area contributed by atoms with Gasteiger partial charge in [0.2, 0.25) is 0 Å². The van der Waals surface area contributed by atoms with Crippen molar-refractivity contribution in [1.82, 2.24) is 9.88 Å². The molecule has 0 saturated heterocycles. The van der Waals surface area contributed by atoms with E-state index in [1.807, 2.05) is 42.5 Å². The summed E-state index contributed by atoms with van der Waals surface area (Å²) < 4.78 is 0. The molecule has 4 nitrogen and oxygen atoms in total. The topological polar surface area (TPSA) is 45.2 Å². The highest BCUT2D eigenvalue weighted by Gasteiger charge is 2.22. The van der Waals surface area contributed by atoms with Crippen LogP contribution in [-0.4, -0.2) is 28.4 Å². The van der Waals surface area contributed by atoms with E-state index in [4.69, 9.17) is 0 Å². The molecule has 5 heteroatoms. The lowest BCUT2D eigenvalue weighted by atomic mass is 10.0. The molecule has 0 aliphatic carbocycles. The number of rotatable bonds is 4. The summed E-state index contributed by atoms with van der Waals surface area (Å²) in [6, 6.07) is 18.4. The highest BCUT2D eigenvalue weighted by Crippen LogP contribution is 2.29. The van der Waals surface area contributed by atoms with Crippen molar-refractivity contribution in [1.29, 1.82) is 0 Å². The van der Waals surface area contributed by atoms with E-state index in [9.17, 15) is 4.79 Å². The third-order valence-electron chi connectivity index (χ3n) is 4.97. The molecule has 1 aliphatic rings. The number of fused-ring (bicyclic) bond motifs is 1. The Balaban J connectivity index is 1.45. The molecule has 27 heavy (non-hydrogen) atoms. The van der Waals surface area contributed by atoms with Crippen molar-refractivity contribution < 1.29 is 4.79 Å². The number of nitrogens with one attached hydrogen (secondary N) is 1. The van der Waals surface area contributed by atoms with Crippen LogP contribution in [0.2, 0.25) is 0 Å². The zero-order chi connectivity index (χ0) is 18.8. The molecule has 0 spiro atoms. The maximum Gasteiger partial charge on any atom is 0.257 e. The Hall–Kier alpha value is -2.50. The predicted octanol–water partition coefficient (Wildman–Crippen LogP) is 4.83. The van der Waals surface area contributed by atoms with Crippen LogP contribution in [0.15, 0.2) is 54.6 Å². The van der Waals surface area contributed by atoms with Crippen LogP contribution in [0.1, 0.15) is 34.8 Å². The first kappa shape index (κ1) is 17.9. The second kappa shape index (κ2) is 7.62. The maximum atomic E-state index is 12.6. The molecule has 1 N–H and O–H groups in total. The van der Waals surface area contributed by atoms with Crippen molar-refractivity contribution in [3.05, 3.63) is 70.7 Å². The number of nitrogens with zero attached hydrogens (tertiary/aromatic N) is 2. The van der Waals surface area contributed by atoms with Crippen molar-refractivity contribution >= 4 is 22.4 Å². The largest absolute Gasteiger partial charge is 0.298 e. The molecule has 138 valence electrons. The number of amides is 1. The van der Waals surface area contributed by atoms with Gasteiger partial charge in [0.25, 0.3) is 5.91 Å². The molecule has 0 saturated carbocycles. The lowest BCUT2D eigenvalue weighted by Gasteiger charge is -2.29. The van der Waals surface area contributed by atoms with E-state index in [0.29, 0.717) is 16.7 Å². The van der Waals surface area contributed by atoms with Crippen molar-refractivity contribution in [3.63, 3.8) is 0 Å². The van der Waals surface area contributed by atoms with Crippen molar-refractivity contribution in [2.24, 2.45) is 0 Å². The Kier molecular flexibility index (Phi) is 5.05. The van der Waals surface area contributed by atoms with Gasteiger partial charge >= 0.3 is 0 Å². The van der Waals surface area contributed by atoms with Gasteiger partial charge in [-0.3, -0.25) is 15.0 Å². The summed E-state index contributed by atoms with van der Waals surface area (Å²) in [5.41, 5.74) is 4.02. The quantitative estimate of drug-likeness (QED) is 0.708. The van der Waals surface area contributed by atoms with Gasteiger partial charge in [0.1, 0.15) is 0 Å². The summed E-state index contributed by atoms with van der Waals surface area (Å²) in [6.45, 7) is 6.39. The van der Waals surface area contributed by atoms with Gasteiger partial charge < -0.3 is 0 Å². The number of carbonyl (C=O) groups is 1. The second-order valence-corrected chi connectivity index (χ2v) is 8.18. The van der Waals surface area contributed by atoms with Gasteiger partial charge in [-0.1, -0.05) is 42.5 Å². The van der Waals surface area contributed by atoms with Crippen molar-refractivity contribution in [2.75, 3.05) is 11.9 Å². The second-order valence-electron chi connectivity index (χ2n) is 7.10. The van der Waals surface area contributed by atoms with E-state index in [-0.39, 0.29) is 5.91 Å². The van der Waals surface area contributed by atoms with Gasteiger partial charge in [0.15, 0.2) is 5.13 Å². The van der Waals surface area contributed by atoms with Gasteiger partial charge in [-0.15, -0.1) is 11.3 Å². The van der Waals surface area contributed by atoms with E-state index < -0.39 is 0 Å². The number of hydrogen-bond acceptors (Lipinski definition) is 4. The average molecular weight is 378 g/mol. The zero-order valence-corrected chi connectivity index (χ0v) is 16.4. The van der Waals surface area contributed by atoms with Crippen molar-refractivity contribution in [2.45, 2.75) is 32.9 Å². The van der Waals surface area contributed by atoms with Crippen LogP contribution < -0.4 is 5.32 Å². The molecule has 2 aromatic carbocycles. The molecule has 0 bridgehead atoms. The lowest BCUT2D eigenvalue weighted by Crippen LogP contribution is -2.35. The average Bonchev–Trinajstić information content (AvgIpc) is 3.10. The Morgan fingerprint density at radius 3 is 2.48 bits per heavy atom. The number of hydrogen-bond donors (Lipinski definition) is 1. The third kappa shape index (κ3) is 3.94. The standard InChI is InChI=1S/C22H23N3OS/c1-15(2)25-13-12-19-20(14-25)27-22(23-19)24-21(26)18-10-8-17(9-11-18)16-6-4-3-5-7-16/h3-11,15H,12-14H2,1-2H3,(H,23,24,26). The summed E-state index contributed by atoms with van der Waals surface area (Å²) in [5.74, 6) is -0.110. The van der Waals surface area contributed by atoms with Crippen LogP contribution in [0.25, 0.3) is 11.1 Å². The Bertz CT molecular complexity index is 932. The number of benzene rings is 2. The lowest BCUT2D eigenvalue weighted by molar-refractivity contribution is 0.102. The maximum absolute atomic E-state index is 12.6. The van der Waals surface area contributed by atoms with Gasteiger partial charge in [0.05, 0.1) is 5.69 Å². The normalized spacial score (nSPS) is 14.2. The summed E-state index contributed by atoms with van der Waals surface area (Å²) in [4.78, 5) is 20.9. The summed E-state index contributed by atoms with van der Waals surface area (Å²) >= 11 is 1.59. The third-order valence-corrected chi connectivity index (χ3v) is 5.96. The van der Waals surface area contributed by atoms with Gasteiger partial charge in [-0.2, -0.15) is 0 Å². The summed E-state index contributed by atoms with van der Waals surface area (Å²) in [5, 5.41) is 3.67. The van der Waals surface area contributed by atoms with E-state index in [1.54, 1.807) is 11.3 Å². The number of aromatic nitrogens is 1. The van der Waals surface area contributed by atoms with Gasteiger partial charge in [-0.25, -0.2) is 4.98 Å². The van der Waals surface area contributed by atoms with Crippen LogP contribution in [0.3, 0.4) is 0 Å². The fraction of sp³-hybridized carbons (Fsp3) is 0.273. The molecule has 0 radical (unpaired) electrons. The van der Waals surface area contributed by atoms with E-state index in [2.05, 4.69) is 41.2 Å². The fourth-order valence-corrected chi connectivity index (χ4v) is 4.35. The molecule has 4 rings (SSSR count). The van der Waals surface area contributed by atoms with E-state index >= 15 is 0 Å². The minimum absolute atomic E-state index is 0.110. The van der Waals surface area contributed by atoms with Crippen LogP contribution in [-0.2, 0) is 13.0 Å². The molecular weight excluding hydrogens is 354 g/mol. The summed E-state index contributed by atoms with van der Waals surface area (Å²) in [6.07, 6.45) is 0.950. The molecule has 1 aliphatic heterocycles. The fourth-order valence-electron chi connectivity index (χ4n) is 3.32. The Labute approximate surface area is 163 Å². The minimum Gasteiger partial charge on any atom is -0.298 e. The Morgan fingerprint density at radius 1 is 1.07 bits per heavy atom. The molecule has 2 heterocycles. The van der Waals surface area contributed by atoms with E-state index in [1.165, 1.54) is 4.88 Å². The molecule has 1 amide bonds. The molecular formula is C22H23N3OS. The first-order valence-corrected chi connectivity index (χ1v) is 10.1. The van der Waals surface area contributed by atoms with Gasteiger partial charge in [0, 0.05) is 36.0 Å². The monoisotopic (exact) mass is 377 g/mol. The van der Waals surface area contributed by atoms with E-state index in [0.717, 1.165) is 36.3 Å². The Morgan fingerprint density at radius 2 is 1.78 bits per heavy atom. The molecule has 1 aromatic heterocycles. The number of anilines is 1. The molecule has 0 fully saturated rings. The SMILES string of the molecule is CC(C)N1CCc2nc(NC(=O)c3ccc(-c4ccccc4)cc3)sc2C1. The van der Waals surface area contributed by atoms with Crippen LogP contribution in [0, 0.1) is 0 Å². The van der Waals surface area contributed by atoms with Gasteiger partial charge in [-0.05, 0) is 37.1 Å². The number of carbonyl (C=O) groups excluding carboxylic acids is 1. The van der Waals surface area contributed by atoms with Crippen LogP contribution >= 0.6 is 11.3 Å². The summed E-state index contributed by atoms with van der Waals surface area (Å²) in [7, 11) is 0.